The van der Waals surface area contributed by atoms with Gasteiger partial charge in [0.1, 0.15) is 11.8 Å². The minimum absolute atomic E-state index is 0.292. The highest BCUT2D eigenvalue weighted by molar-refractivity contribution is 8.01. The van der Waals surface area contributed by atoms with Crippen molar-refractivity contribution in [3.63, 3.8) is 0 Å². The molecule has 0 saturated carbocycles. The minimum atomic E-state index is -3.69. The van der Waals surface area contributed by atoms with Crippen LogP contribution in [-0.2, 0) is 14.8 Å². The summed E-state index contributed by atoms with van der Waals surface area (Å²) in [6.45, 7) is 3.75. The Labute approximate surface area is 167 Å². The molecule has 2 rings (SSSR count). The summed E-state index contributed by atoms with van der Waals surface area (Å²) in [6, 6.07) is 5.60. The first kappa shape index (κ1) is 21.5. The molecule has 0 saturated heterocycles. The van der Waals surface area contributed by atoms with E-state index in [9.17, 15) is 13.2 Å². The van der Waals surface area contributed by atoms with Crippen molar-refractivity contribution in [2.75, 3.05) is 28.7 Å². The quantitative estimate of drug-likeness (QED) is 0.482. The molecule has 1 aromatic heterocycles. The van der Waals surface area contributed by atoms with E-state index in [4.69, 9.17) is 4.74 Å². The predicted molar refractivity (Wildman–Crippen MR) is 109 cm³/mol. The number of ether oxygens (including phenoxy) is 1. The topological polar surface area (TPSA) is 101 Å². The van der Waals surface area contributed by atoms with E-state index in [1.807, 2.05) is 6.92 Å². The Balaban J connectivity index is 2.28. The van der Waals surface area contributed by atoms with Crippen molar-refractivity contribution in [1.82, 2.24) is 10.2 Å². The van der Waals surface area contributed by atoms with Crippen LogP contribution in [0.2, 0.25) is 0 Å². The third-order valence-electron chi connectivity index (χ3n) is 3.56. The molecule has 1 aromatic carbocycles. The van der Waals surface area contributed by atoms with Crippen LogP contribution in [0.25, 0.3) is 0 Å². The summed E-state index contributed by atoms with van der Waals surface area (Å²) < 4.78 is 31.8. The van der Waals surface area contributed by atoms with Crippen molar-refractivity contribution in [2.24, 2.45) is 0 Å². The number of benzene rings is 1. The summed E-state index contributed by atoms with van der Waals surface area (Å²) in [6.07, 6.45) is 1.37. The summed E-state index contributed by atoms with van der Waals surface area (Å²) in [5.74, 6) is 0.988. The molecule has 0 aliphatic carbocycles. The molecule has 0 fully saturated rings. The summed E-state index contributed by atoms with van der Waals surface area (Å²) in [7, 11) is -2.17. The van der Waals surface area contributed by atoms with Crippen LogP contribution in [-0.4, -0.2) is 49.7 Å². The second-order valence-electron chi connectivity index (χ2n) is 5.48. The molecule has 0 unspecified atom stereocenters. The van der Waals surface area contributed by atoms with Crippen LogP contribution in [0.5, 0.6) is 5.75 Å². The maximum Gasteiger partial charge on any atom is 0.250 e. The summed E-state index contributed by atoms with van der Waals surface area (Å²) in [5.41, 5.74) is 0.389. The molecule has 148 valence electrons. The average Bonchev–Trinajstić information content (AvgIpc) is 3.06. The fourth-order valence-corrected chi connectivity index (χ4v) is 5.28. The van der Waals surface area contributed by atoms with E-state index in [1.54, 1.807) is 31.2 Å². The van der Waals surface area contributed by atoms with Gasteiger partial charge in [0.05, 0.1) is 19.1 Å². The van der Waals surface area contributed by atoms with Gasteiger partial charge in [0.2, 0.25) is 21.1 Å². The van der Waals surface area contributed by atoms with Crippen LogP contribution in [0.1, 0.15) is 20.3 Å². The summed E-state index contributed by atoms with van der Waals surface area (Å²) in [5, 5.41) is 10.9. The van der Waals surface area contributed by atoms with Crippen LogP contribution >= 0.6 is 23.1 Å². The highest BCUT2D eigenvalue weighted by Gasteiger charge is 2.32. The van der Waals surface area contributed by atoms with E-state index >= 15 is 0 Å². The van der Waals surface area contributed by atoms with Crippen LogP contribution < -0.4 is 14.4 Å². The molecule has 27 heavy (non-hydrogen) atoms. The smallest absolute Gasteiger partial charge is 0.250 e. The second-order valence-corrected chi connectivity index (χ2v) is 9.82. The molecule has 1 heterocycles. The third-order valence-corrected chi connectivity index (χ3v) is 6.60. The normalized spacial score (nSPS) is 12.4. The van der Waals surface area contributed by atoms with Crippen molar-refractivity contribution in [2.45, 2.75) is 30.6 Å². The first-order chi connectivity index (χ1) is 12.8. The Bertz CT molecular complexity index is 868. The zero-order valence-corrected chi connectivity index (χ0v) is 17.9. The number of methoxy groups -OCH3 is 1. The van der Waals surface area contributed by atoms with Crippen LogP contribution in [0.4, 0.5) is 10.8 Å². The molecule has 8 nitrogen and oxygen atoms in total. The van der Waals surface area contributed by atoms with Crippen LogP contribution in [0.15, 0.2) is 28.6 Å². The molecule has 0 spiro atoms. The number of amides is 1. The molecule has 11 heteroatoms. The number of sulfonamides is 1. The number of nitrogens with zero attached hydrogens (tertiary/aromatic N) is 3. The van der Waals surface area contributed by atoms with E-state index in [-0.39, 0.29) is 0 Å². The molecule has 0 bridgehead atoms. The van der Waals surface area contributed by atoms with Crippen molar-refractivity contribution >= 4 is 49.8 Å². The molecular formula is C16H22N4O4S3. The van der Waals surface area contributed by atoms with Gasteiger partial charge in [0.25, 0.3) is 0 Å². The maximum absolute atomic E-state index is 12.8. The lowest BCUT2D eigenvalue weighted by Crippen LogP contribution is -2.46. The lowest BCUT2D eigenvalue weighted by atomic mass is 10.2. The third kappa shape index (κ3) is 5.56. The van der Waals surface area contributed by atoms with E-state index in [0.29, 0.717) is 23.0 Å². The number of nitrogens with one attached hydrogen (secondary N) is 1. The van der Waals surface area contributed by atoms with Gasteiger partial charge in [-0.05, 0) is 36.4 Å². The fourth-order valence-electron chi connectivity index (χ4n) is 2.42. The minimum Gasteiger partial charge on any atom is -0.497 e. The molecule has 1 atom stereocenters. The number of aromatic nitrogens is 2. The molecule has 0 aliphatic heterocycles. The summed E-state index contributed by atoms with van der Waals surface area (Å²) in [4.78, 5) is 12.8. The number of hydrogen-bond donors (Lipinski definition) is 1. The van der Waals surface area contributed by atoms with Crippen LogP contribution in [0.3, 0.4) is 0 Å². The van der Waals surface area contributed by atoms with Gasteiger partial charge in [-0.1, -0.05) is 36.9 Å². The highest BCUT2D eigenvalue weighted by atomic mass is 32.2. The van der Waals surface area contributed by atoms with Gasteiger partial charge in [0, 0.05) is 0 Å². The Morgan fingerprint density at radius 2 is 1.96 bits per heavy atom. The second kappa shape index (κ2) is 9.38. The van der Waals surface area contributed by atoms with Crippen molar-refractivity contribution in [3.05, 3.63) is 24.3 Å². The number of anilines is 2. The number of hydrogen-bond acceptors (Lipinski definition) is 8. The molecule has 1 amide bonds. The standard InChI is InChI=1S/C16H22N4O4S3/c1-5-13(14(21)17-15-18-19-16(26-15)25-6-2)20(27(4,22)23)11-7-9-12(24-3)10-8-11/h7-10,13H,5-6H2,1-4H3,(H,17,18,21)/t13-/m0/s1. The Morgan fingerprint density at radius 1 is 1.30 bits per heavy atom. The zero-order valence-electron chi connectivity index (χ0n) is 15.5. The van der Waals surface area contributed by atoms with E-state index in [1.165, 1.54) is 30.2 Å². The Hall–Kier alpha value is -1.85. The number of carbonyl (C=O) groups is 1. The first-order valence-electron chi connectivity index (χ1n) is 8.20. The monoisotopic (exact) mass is 430 g/mol. The van der Waals surface area contributed by atoms with Gasteiger partial charge in [-0.2, -0.15) is 0 Å². The summed E-state index contributed by atoms with van der Waals surface area (Å²) >= 11 is 2.78. The molecule has 0 aliphatic rings. The molecule has 0 radical (unpaired) electrons. The maximum atomic E-state index is 12.8. The number of thioether (sulfide) groups is 1. The largest absolute Gasteiger partial charge is 0.497 e. The van der Waals surface area contributed by atoms with Gasteiger partial charge in [-0.3, -0.25) is 14.4 Å². The lowest BCUT2D eigenvalue weighted by molar-refractivity contribution is -0.117. The fraction of sp³-hybridized carbons (Fsp3) is 0.438. The van der Waals surface area contributed by atoms with Gasteiger partial charge < -0.3 is 4.74 Å². The number of carbonyl (C=O) groups excluding carboxylic acids is 1. The molecule has 2 aromatic rings. The predicted octanol–water partition coefficient (Wildman–Crippen LogP) is 2.84. The van der Waals surface area contributed by atoms with E-state index in [0.717, 1.165) is 20.7 Å². The number of rotatable bonds is 9. The van der Waals surface area contributed by atoms with Gasteiger partial charge >= 0.3 is 0 Å². The van der Waals surface area contributed by atoms with Crippen LogP contribution in [0, 0.1) is 0 Å². The van der Waals surface area contributed by atoms with Crippen molar-refractivity contribution in [1.29, 1.82) is 0 Å². The highest BCUT2D eigenvalue weighted by Crippen LogP contribution is 2.28. The molecule has 1 N–H and O–H groups in total. The van der Waals surface area contributed by atoms with Gasteiger partial charge in [0.15, 0.2) is 4.34 Å². The van der Waals surface area contributed by atoms with E-state index in [2.05, 4.69) is 15.5 Å². The zero-order chi connectivity index (χ0) is 20.0. The lowest BCUT2D eigenvalue weighted by Gasteiger charge is -2.29. The Kier molecular flexibility index (Phi) is 7.45. The van der Waals surface area contributed by atoms with Crippen molar-refractivity contribution < 1.29 is 17.9 Å². The molecular weight excluding hydrogens is 408 g/mol. The van der Waals surface area contributed by atoms with Crippen molar-refractivity contribution in [3.8, 4) is 5.75 Å². The van der Waals surface area contributed by atoms with Gasteiger partial charge in [-0.25, -0.2) is 8.42 Å². The average molecular weight is 431 g/mol. The Morgan fingerprint density at radius 3 is 2.48 bits per heavy atom. The first-order valence-corrected chi connectivity index (χ1v) is 11.9. The van der Waals surface area contributed by atoms with E-state index < -0.39 is 22.0 Å². The van der Waals surface area contributed by atoms with Gasteiger partial charge in [-0.15, -0.1) is 10.2 Å². The SMILES string of the molecule is CCSc1nnc(NC(=O)[C@H](CC)N(c2ccc(OC)cc2)S(C)(=O)=O)s1.